The van der Waals surface area contributed by atoms with Crippen LogP contribution in [-0.4, -0.2) is 45.5 Å². The van der Waals surface area contributed by atoms with Crippen LogP contribution in [0.2, 0.25) is 0 Å². The lowest BCUT2D eigenvalue weighted by atomic mass is 9.78. The number of rotatable bonds is 11. The van der Waals surface area contributed by atoms with E-state index in [4.69, 9.17) is 23.5 Å². The fraction of sp³-hybridized carbons (Fsp3) is 0.440. The third-order valence-corrected chi connectivity index (χ3v) is 5.35. The lowest BCUT2D eigenvalue weighted by Crippen LogP contribution is -2.40. The minimum Gasteiger partial charge on any atom is -0.494 e. The quantitative estimate of drug-likeness (QED) is 0.221. The molecule has 2 aromatic rings. The minimum absolute atomic E-state index is 0.0587. The SMILES string of the molecule is CCC(C)C(=O)OCCCCOc1ccc(C(=O)Oc2ccc(B3OCCCO3)cc2)cc1. The molecule has 3 rings (SSSR count). The smallest absolute Gasteiger partial charge is 0.493 e. The molecule has 1 atom stereocenters. The zero-order valence-electron chi connectivity index (χ0n) is 19.3. The zero-order valence-corrected chi connectivity index (χ0v) is 19.3. The third kappa shape index (κ3) is 7.91. The van der Waals surface area contributed by atoms with Crippen molar-refractivity contribution in [3.05, 3.63) is 54.1 Å². The first kappa shape index (κ1) is 24.8. The van der Waals surface area contributed by atoms with Gasteiger partial charge in [-0.2, -0.15) is 0 Å². The van der Waals surface area contributed by atoms with Crippen LogP contribution >= 0.6 is 0 Å². The van der Waals surface area contributed by atoms with E-state index in [2.05, 4.69) is 0 Å². The summed E-state index contributed by atoms with van der Waals surface area (Å²) in [5.41, 5.74) is 1.33. The molecular formula is C25H31BO7. The molecule has 0 saturated carbocycles. The average molecular weight is 454 g/mol. The normalized spacial score (nSPS) is 14.4. The van der Waals surface area contributed by atoms with Crippen LogP contribution in [0, 0.1) is 5.92 Å². The van der Waals surface area contributed by atoms with Gasteiger partial charge in [-0.05, 0) is 67.5 Å². The second-order valence-electron chi connectivity index (χ2n) is 7.94. The van der Waals surface area contributed by atoms with Crippen LogP contribution in [0.3, 0.4) is 0 Å². The molecule has 0 spiro atoms. The molecule has 7 nitrogen and oxygen atoms in total. The van der Waals surface area contributed by atoms with Gasteiger partial charge in [0.2, 0.25) is 0 Å². The molecule has 33 heavy (non-hydrogen) atoms. The second-order valence-corrected chi connectivity index (χ2v) is 7.94. The van der Waals surface area contributed by atoms with E-state index >= 15 is 0 Å². The van der Waals surface area contributed by atoms with Crippen molar-refractivity contribution in [2.75, 3.05) is 26.4 Å². The van der Waals surface area contributed by atoms with Crippen molar-refractivity contribution in [3.63, 3.8) is 0 Å². The predicted molar refractivity (Wildman–Crippen MR) is 125 cm³/mol. The Kier molecular flexibility index (Phi) is 9.78. The molecule has 1 aliphatic rings. The first-order valence-electron chi connectivity index (χ1n) is 11.5. The topological polar surface area (TPSA) is 80.3 Å². The van der Waals surface area contributed by atoms with Gasteiger partial charge in [0.15, 0.2) is 0 Å². The number of benzene rings is 2. The molecule has 0 amide bonds. The maximum atomic E-state index is 12.4. The van der Waals surface area contributed by atoms with E-state index in [1.54, 1.807) is 36.4 Å². The highest BCUT2D eigenvalue weighted by molar-refractivity contribution is 6.61. The lowest BCUT2D eigenvalue weighted by Gasteiger charge is -2.19. The first-order valence-corrected chi connectivity index (χ1v) is 11.5. The fourth-order valence-electron chi connectivity index (χ4n) is 3.10. The molecule has 1 heterocycles. The van der Waals surface area contributed by atoms with Crippen molar-refractivity contribution in [2.45, 2.75) is 39.5 Å². The van der Waals surface area contributed by atoms with Crippen molar-refractivity contribution in [1.82, 2.24) is 0 Å². The molecule has 8 heteroatoms. The standard InChI is InChI=1S/C25H31BO7/c1-3-19(2)24(27)30-16-5-4-15-29-22-11-7-20(8-12-22)25(28)33-23-13-9-21(10-14-23)26-31-17-6-18-32-26/h7-14,19H,3-6,15-18H2,1-2H3. The van der Waals surface area contributed by atoms with Gasteiger partial charge in [-0.1, -0.05) is 26.0 Å². The van der Waals surface area contributed by atoms with E-state index in [1.807, 2.05) is 26.0 Å². The van der Waals surface area contributed by atoms with Gasteiger partial charge in [-0.3, -0.25) is 4.79 Å². The monoisotopic (exact) mass is 454 g/mol. The van der Waals surface area contributed by atoms with Crippen LogP contribution in [0.5, 0.6) is 11.5 Å². The summed E-state index contributed by atoms with van der Waals surface area (Å²) < 4.78 is 27.5. The summed E-state index contributed by atoms with van der Waals surface area (Å²) in [6.45, 7) is 6.09. The molecule has 1 fully saturated rings. The third-order valence-electron chi connectivity index (χ3n) is 5.35. The number of hydrogen-bond donors (Lipinski definition) is 0. The van der Waals surface area contributed by atoms with Crippen molar-refractivity contribution < 1.29 is 33.1 Å². The van der Waals surface area contributed by atoms with E-state index in [1.165, 1.54) is 0 Å². The maximum absolute atomic E-state index is 12.4. The summed E-state index contributed by atoms with van der Waals surface area (Å²) in [7, 11) is -0.365. The molecule has 176 valence electrons. The van der Waals surface area contributed by atoms with Crippen LogP contribution in [-0.2, 0) is 18.8 Å². The number of ether oxygens (including phenoxy) is 3. The Morgan fingerprint density at radius 1 is 0.939 bits per heavy atom. The van der Waals surface area contributed by atoms with E-state index < -0.39 is 5.97 Å². The van der Waals surface area contributed by atoms with Crippen LogP contribution in [0.25, 0.3) is 0 Å². The summed E-state index contributed by atoms with van der Waals surface area (Å²) in [5, 5.41) is 0. The summed E-state index contributed by atoms with van der Waals surface area (Å²) in [5.74, 6) is 0.470. The Morgan fingerprint density at radius 3 is 2.24 bits per heavy atom. The first-order chi connectivity index (χ1) is 16.1. The summed E-state index contributed by atoms with van der Waals surface area (Å²) in [6, 6.07) is 13.9. The molecule has 1 aliphatic heterocycles. The molecule has 2 aromatic carbocycles. The van der Waals surface area contributed by atoms with Crippen molar-refractivity contribution >= 4 is 24.5 Å². The molecule has 0 aliphatic carbocycles. The van der Waals surface area contributed by atoms with Crippen LogP contribution in [0.15, 0.2) is 48.5 Å². The van der Waals surface area contributed by atoms with Gasteiger partial charge in [0.25, 0.3) is 0 Å². The van der Waals surface area contributed by atoms with E-state index in [0.29, 0.717) is 43.5 Å². The van der Waals surface area contributed by atoms with Crippen LogP contribution in [0.1, 0.15) is 49.9 Å². The average Bonchev–Trinajstić information content (AvgIpc) is 2.86. The highest BCUT2D eigenvalue weighted by Gasteiger charge is 2.24. The minimum atomic E-state index is -0.442. The van der Waals surface area contributed by atoms with Gasteiger partial charge in [-0.25, -0.2) is 4.79 Å². The lowest BCUT2D eigenvalue weighted by molar-refractivity contribution is -0.148. The second kappa shape index (κ2) is 13.0. The molecule has 0 aromatic heterocycles. The molecule has 0 bridgehead atoms. The van der Waals surface area contributed by atoms with Crippen LogP contribution < -0.4 is 14.9 Å². The van der Waals surface area contributed by atoms with Gasteiger partial charge in [0.1, 0.15) is 11.5 Å². The maximum Gasteiger partial charge on any atom is 0.493 e. The Hall–Kier alpha value is -2.84. The molecule has 0 N–H and O–H groups in total. The van der Waals surface area contributed by atoms with Gasteiger partial charge < -0.3 is 23.5 Å². The molecule has 1 saturated heterocycles. The van der Waals surface area contributed by atoms with Crippen molar-refractivity contribution in [3.8, 4) is 11.5 Å². The summed E-state index contributed by atoms with van der Waals surface area (Å²) in [6.07, 6.45) is 3.18. The van der Waals surface area contributed by atoms with Crippen LogP contribution in [0.4, 0.5) is 0 Å². The van der Waals surface area contributed by atoms with E-state index in [-0.39, 0.29) is 19.0 Å². The Balaban J connectivity index is 1.37. The Labute approximate surface area is 195 Å². The number of carbonyl (C=O) groups excluding carboxylic acids is 2. The predicted octanol–water partition coefficient (Wildman–Crippen LogP) is 3.79. The zero-order chi connectivity index (χ0) is 23.5. The number of unbranched alkanes of at least 4 members (excludes halogenated alkanes) is 1. The van der Waals surface area contributed by atoms with Crippen molar-refractivity contribution in [1.29, 1.82) is 0 Å². The Bertz CT molecular complexity index is 877. The van der Waals surface area contributed by atoms with Crippen molar-refractivity contribution in [2.24, 2.45) is 5.92 Å². The summed E-state index contributed by atoms with van der Waals surface area (Å²) in [4.78, 5) is 24.0. The number of esters is 2. The van der Waals surface area contributed by atoms with E-state index in [0.717, 1.165) is 31.1 Å². The number of hydrogen-bond acceptors (Lipinski definition) is 7. The Morgan fingerprint density at radius 2 is 1.58 bits per heavy atom. The van der Waals surface area contributed by atoms with Gasteiger partial charge in [0, 0.05) is 13.2 Å². The summed E-state index contributed by atoms with van der Waals surface area (Å²) >= 11 is 0. The van der Waals surface area contributed by atoms with Gasteiger partial charge >= 0.3 is 19.1 Å². The fourth-order valence-corrected chi connectivity index (χ4v) is 3.10. The van der Waals surface area contributed by atoms with Gasteiger partial charge in [-0.15, -0.1) is 0 Å². The number of carbonyl (C=O) groups is 2. The molecule has 0 radical (unpaired) electrons. The molecule has 1 unspecified atom stereocenters. The highest BCUT2D eigenvalue weighted by atomic mass is 16.6. The van der Waals surface area contributed by atoms with Gasteiger partial charge in [0.05, 0.1) is 24.7 Å². The molecular weight excluding hydrogens is 423 g/mol. The highest BCUT2D eigenvalue weighted by Crippen LogP contribution is 2.16. The largest absolute Gasteiger partial charge is 0.494 e. The van der Waals surface area contributed by atoms with E-state index in [9.17, 15) is 9.59 Å².